The summed E-state index contributed by atoms with van der Waals surface area (Å²) in [5.74, 6) is -0.753. The Morgan fingerprint density at radius 1 is 1.33 bits per heavy atom. The van der Waals surface area contributed by atoms with Crippen LogP contribution in [0.3, 0.4) is 0 Å². The van der Waals surface area contributed by atoms with Crippen molar-refractivity contribution in [2.24, 2.45) is 11.8 Å². The van der Waals surface area contributed by atoms with Crippen molar-refractivity contribution in [3.05, 3.63) is 47.5 Å². The number of carbonyl (C=O) groups is 2. The molecule has 2 bridgehead atoms. The Morgan fingerprint density at radius 3 is 2.96 bits per heavy atom. The van der Waals surface area contributed by atoms with Gasteiger partial charge in [-0.15, -0.1) is 0 Å². The number of likely N-dealkylation sites (tertiary alicyclic amines) is 1. The minimum atomic E-state index is -0.635. The van der Waals surface area contributed by atoms with E-state index in [1.54, 1.807) is 12.0 Å². The van der Waals surface area contributed by atoms with Gasteiger partial charge in [0.2, 0.25) is 11.8 Å². The SMILES string of the molecule is COCCN1C[C@]23C=C[C@H](O2)[C@@H](C(=O)N2CCc4ccccc4C2)[C@H]3C1=O. The lowest BCUT2D eigenvalue weighted by Crippen LogP contribution is -2.47. The number of benzene rings is 1. The molecule has 0 aromatic heterocycles. The number of hydrogen-bond acceptors (Lipinski definition) is 4. The molecule has 5 rings (SSSR count). The molecule has 0 unspecified atom stereocenters. The third-order valence-electron chi connectivity index (χ3n) is 6.47. The van der Waals surface area contributed by atoms with Gasteiger partial charge in [0.15, 0.2) is 0 Å². The van der Waals surface area contributed by atoms with Gasteiger partial charge >= 0.3 is 0 Å². The number of amides is 2. The van der Waals surface area contributed by atoms with Crippen LogP contribution in [0.5, 0.6) is 0 Å². The molecule has 27 heavy (non-hydrogen) atoms. The predicted molar refractivity (Wildman–Crippen MR) is 97.7 cm³/mol. The third-order valence-corrected chi connectivity index (χ3v) is 6.47. The number of methoxy groups -OCH3 is 1. The van der Waals surface area contributed by atoms with Gasteiger partial charge in [-0.25, -0.2) is 0 Å². The van der Waals surface area contributed by atoms with Crippen molar-refractivity contribution < 1.29 is 19.1 Å². The van der Waals surface area contributed by atoms with Gasteiger partial charge in [0.1, 0.15) is 5.60 Å². The van der Waals surface area contributed by atoms with E-state index in [1.807, 2.05) is 29.2 Å². The molecule has 6 heteroatoms. The number of rotatable bonds is 4. The highest BCUT2D eigenvalue weighted by atomic mass is 16.5. The van der Waals surface area contributed by atoms with Crippen LogP contribution in [0.15, 0.2) is 36.4 Å². The topological polar surface area (TPSA) is 59.1 Å². The highest BCUT2D eigenvalue weighted by Crippen LogP contribution is 2.52. The van der Waals surface area contributed by atoms with Crippen LogP contribution in [0, 0.1) is 11.8 Å². The van der Waals surface area contributed by atoms with Crippen molar-refractivity contribution in [2.45, 2.75) is 24.7 Å². The smallest absolute Gasteiger partial charge is 0.230 e. The molecule has 4 heterocycles. The lowest BCUT2D eigenvalue weighted by molar-refractivity contribution is -0.144. The van der Waals surface area contributed by atoms with E-state index < -0.39 is 17.4 Å². The van der Waals surface area contributed by atoms with Crippen LogP contribution in [-0.2, 0) is 32.0 Å². The summed E-state index contributed by atoms with van der Waals surface area (Å²) in [6.45, 7) is 2.85. The number of ether oxygens (including phenoxy) is 2. The second kappa shape index (κ2) is 6.17. The molecule has 0 saturated carbocycles. The van der Waals surface area contributed by atoms with Crippen LogP contribution >= 0.6 is 0 Å². The maximum Gasteiger partial charge on any atom is 0.230 e. The van der Waals surface area contributed by atoms with Gasteiger partial charge in [0.05, 0.1) is 31.1 Å². The zero-order valence-electron chi connectivity index (χ0n) is 15.5. The maximum absolute atomic E-state index is 13.4. The van der Waals surface area contributed by atoms with Crippen molar-refractivity contribution in [3.63, 3.8) is 0 Å². The van der Waals surface area contributed by atoms with E-state index in [0.717, 1.165) is 6.42 Å². The Bertz CT molecular complexity index is 822. The van der Waals surface area contributed by atoms with E-state index in [1.165, 1.54) is 11.1 Å². The lowest BCUT2D eigenvalue weighted by atomic mass is 9.76. The summed E-state index contributed by atoms with van der Waals surface area (Å²) in [5.41, 5.74) is 1.87. The molecule has 4 atom stereocenters. The largest absolute Gasteiger partial charge is 0.383 e. The fraction of sp³-hybridized carbons (Fsp3) is 0.524. The Kier molecular flexibility index (Phi) is 3.88. The molecule has 0 aliphatic carbocycles. The number of nitrogens with zero attached hydrogens (tertiary/aromatic N) is 2. The van der Waals surface area contributed by atoms with Crippen molar-refractivity contribution in [1.29, 1.82) is 0 Å². The van der Waals surface area contributed by atoms with Crippen LogP contribution in [0.1, 0.15) is 11.1 Å². The average Bonchev–Trinajstić information content (AvgIpc) is 3.33. The minimum absolute atomic E-state index is 0.0228. The molecule has 2 fully saturated rings. The summed E-state index contributed by atoms with van der Waals surface area (Å²) in [6.07, 6.45) is 4.56. The van der Waals surface area contributed by atoms with Crippen LogP contribution in [-0.4, -0.2) is 66.7 Å². The van der Waals surface area contributed by atoms with Gasteiger partial charge in [-0.2, -0.15) is 0 Å². The van der Waals surface area contributed by atoms with Gasteiger partial charge in [-0.05, 0) is 17.5 Å². The number of carbonyl (C=O) groups excluding carboxylic acids is 2. The molecular weight excluding hydrogens is 344 g/mol. The van der Waals surface area contributed by atoms with E-state index in [0.29, 0.717) is 32.8 Å². The first-order valence-electron chi connectivity index (χ1n) is 9.63. The Morgan fingerprint density at radius 2 is 2.15 bits per heavy atom. The number of hydrogen-bond donors (Lipinski definition) is 0. The number of fused-ring (bicyclic) bond motifs is 2. The predicted octanol–water partition coefficient (Wildman–Crippen LogP) is 1.000. The summed E-state index contributed by atoms with van der Waals surface area (Å²) in [6, 6.07) is 8.27. The second-order valence-electron chi connectivity index (χ2n) is 7.93. The highest BCUT2D eigenvalue weighted by Gasteiger charge is 2.67. The van der Waals surface area contributed by atoms with Crippen molar-refractivity contribution in [2.75, 3.05) is 33.4 Å². The lowest BCUT2D eigenvalue weighted by Gasteiger charge is -2.33. The summed E-state index contributed by atoms with van der Waals surface area (Å²) in [4.78, 5) is 30.2. The fourth-order valence-corrected chi connectivity index (χ4v) is 5.15. The molecule has 0 N–H and O–H groups in total. The average molecular weight is 368 g/mol. The Hall–Kier alpha value is -2.18. The molecular formula is C21H24N2O4. The maximum atomic E-state index is 13.4. The normalized spacial score (nSPS) is 33.5. The van der Waals surface area contributed by atoms with E-state index in [2.05, 4.69) is 12.1 Å². The molecule has 2 amide bonds. The molecule has 4 aliphatic heterocycles. The molecule has 1 aromatic carbocycles. The second-order valence-corrected chi connectivity index (χ2v) is 7.93. The summed E-state index contributed by atoms with van der Waals surface area (Å²) >= 11 is 0. The first-order valence-corrected chi connectivity index (χ1v) is 9.63. The molecule has 1 aromatic rings. The van der Waals surface area contributed by atoms with E-state index in [-0.39, 0.29) is 17.9 Å². The van der Waals surface area contributed by atoms with Gasteiger partial charge < -0.3 is 19.3 Å². The molecule has 2 saturated heterocycles. The van der Waals surface area contributed by atoms with E-state index in [9.17, 15) is 9.59 Å². The van der Waals surface area contributed by atoms with Gasteiger partial charge in [-0.3, -0.25) is 9.59 Å². The zero-order valence-corrected chi connectivity index (χ0v) is 15.5. The van der Waals surface area contributed by atoms with E-state index >= 15 is 0 Å². The van der Waals surface area contributed by atoms with Crippen molar-refractivity contribution >= 4 is 11.8 Å². The van der Waals surface area contributed by atoms with Crippen LogP contribution in [0.25, 0.3) is 0 Å². The Labute approximate surface area is 158 Å². The summed E-state index contributed by atoms with van der Waals surface area (Å²) < 4.78 is 11.3. The monoisotopic (exact) mass is 368 g/mol. The molecule has 6 nitrogen and oxygen atoms in total. The van der Waals surface area contributed by atoms with E-state index in [4.69, 9.17) is 9.47 Å². The standard InChI is InChI=1S/C21H24N2O4/c1-26-11-10-23-13-21-8-6-16(27-21)17(18(21)20(23)25)19(24)22-9-7-14-4-2-3-5-15(14)12-22/h2-6,8,16-18H,7,9-13H2,1H3/t16-,17+,18-,21-/m0/s1. The first kappa shape index (κ1) is 17.0. The van der Waals surface area contributed by atoms with Gasteiger partial charge in [-0.1, -0.05) is 36.4 Å². The first-order chi connectivity index (χ1) is 13.1. The van der Waals surface area contributed by atoms with Crippen LogP contribution in [0.2, 0.25) is 0 Å². The molecule has 142 valence electrons. The van der Waals surface area contributed by atoms with Gasteiger partial charge in [0.25, 0.3) is 0 Å². The summed E-state index contributed by atoms with van der Waals surface area (Å²) in [7, 11) is 1.63. The Balaban J connectivity index is 1.39. The van der Waals surface area contributed by atoms with Crippen molar-refractivity contribution in [1.82, 2.24) is 9.80 Å². The summed E-state index contributed by atoms with van der Waals surface area (Å²) in [5, 5.41) is 0. The minimum Gasteiger partial charge on any atom is -0.383 e. The quantitative estimate of drug-likeness (QED) is 0.744. The third kappa shape index (κ3) is 2.47. The van der Waals surface area contributed by atoms with Gasteiger partial charge in [0, 0.05) is 26.7 Å². The fourth-order valence-electron chi connectivity index (χ4n) is 5.15. The van der Waals surface area contributed by atoms with Crippen LogP contribution < -0.4 is 0 Å². The zero-order chi connectivity index (χ0) is 18.6. The molecule has 0 radical (unpaired) electrons. The van der Waals surface area contributed by atoms with Crippen LogP contribution in [0.4, 0.5) is 0 Å². The van der Waals surface area contributed by atoms with Crippen molar-refractivity contribution in [3.8, 4) is 0 Å². The molecule has 4 aliphatic rings. The highest BCUT2D eigenvalue weighted by molar-refractivity contribution is 5.93. The molecule has 1 spiro atoms.